The molecule has 2 unspecified atom stereocenters. The number of phenols is 1. The molecule has 0 radical (unpaired) electrons. The van der Waals surface area contributed by atoms with Gasteiger partial charge in [0.25, 0.3) is 0 Å². The number of para-hydroxylation sites is 1. The lowest BCUT2D eigenvalue weighted by molar-refractivity contribution is -0.0632. The van der Waals surface area contributed by atoms with E-state index in [0.29, 0.717) is 5.56 Å². The lowest BCUT2D eigenvalue weighted by atomic mass is 9.71. The number of nitrogens with zero attached hydrogens (tertiary/aromatic N) is 1. The van der Waals surface area contributed by atoms with E-state index in [-0.39, 0.29) is 24.1 Å². The SMILES string of the molecule is CN(C)CC1CCCCC1(O)c1ccccc1O.Cl. The third-order valence-corrected chi connectivity index (χ3v) is 3.99. The zero-order chi connectivity index (χ0) is 13.2. The quantitative estimate of drug-likeness (QED) is 0.897. The summed E-state index contributed by atoms with van der Waals surface area (Å²) in [5.74, 6) is 0.403. The molecule has 0 spiro atoms. The molecule has 1 fully saturated rings. The number of aromatic hydroxyl groups is 1. The summed E-state index contributed by atoms with van der Waals surface area (Å²) in [5.41, 5.74) is -0.190. The van der Waals surface area contributed by atoms with Crippen LogP contribution in [0.1, 0.15) is 31.2 Å². The highest BCUT2D eigenvalue weighted by atomic mass is 35.5. The highest BCUT2D eigenvalue weighted by Crippen LogP contribution is 2.44. The Morgan fingerprint density at radius 2 is 1.95 bits per heavy atom. The molecule has 1 aliphatic rings. The van der Waals surface area contributed by atoms with Crippen molar-refractivity contribution in [2.45, 2.75) is 31.3 Å². The van der Waals surface area contributed by atoms with E-state index in [4.69, 9.17) is 0 Å². The lowest BCUT2D eigenvalue weighted by Gasteiger charge is -2.41. The molecule has 108 valence electrons. The first-order valence-corrected chi connectivity index (χ1v) is 6.69. The summed E-state index contributed by atoms with van der Waals surface area (Å²) in [7, 11) is 4.06. The first-order valence-electron chi connectivity index (χ1n) is 6.69. The maximum Gasteiger partial charge on any atom is 0.121 e. The number of hydrogen-bond donors (Lipinski definition) is 2. The van der Waals surface area contributed by atoms with E-state index < -0.39 is 5.60 Å². The molecule has 1 aliphatic carbocycles. The Balaban J connectivity index is 0.00000180. The molecule has 0 aliphatic heterocycles. The molecule has 1 aromatic carbocycles. The third kappa shape index (κ3) is 3.41. The van der Waals surface area contributed by atoms with Gasteiger partial charge >= 0.3 is 0 Å². The van der Waals surface area contributed by atoms with Crippen LogP contribution in [-0.2, 0) is 5.60 Å². The predicted molar refractivity (Wildman–Crippen MR) is 79.8 cm³/mol. The minimum absolute atomic E-state index is 0. The van der Waals surface area contributed by atoms with Crippen LogP contribution in [0.5, 0.6) is 5.75 Å². The van der Waals surface area contributed by atoms with Gasteiger partial charge in [0.1, 0.15) is 5.75 Å². The molecule has 4 heteroatoms. The average Bonchev–Trinajstić information content (AvgIpc) is 2.32. The Bertz CT molecular complexity index is 411. The van der Waals surface area contributed by atoms with Gasteiger partial charge in [-0.3, -0.25) is 0 Å². The molecule has 0 heterocycles. The van der Waals surface area contributed by atoms with Gasteiger partial charge in [-0.1, -0.05) is 31.0 Å². The Morgan fingerprint density at radius 1 is 1.26 bits per heavy atom. The zero-order valence-corrected chi connectivity index (χ0v) is 12.5. The number of phenolic OH excluding ortho intramolecular Hbond substituents is 1. The maximum atomic E-state index is 11.0. The Kier molecular flexibility index (Phi) is 5.65. The molecule has 2 rings (SSSR count). The normalized spacial score (nSPS) is 27.1. The third-order valence-electron chi connectivity index (χ3n) is 3.99. The summed E-state index contributed by atoms with van der Waals surface area (Å²) < 4.78 is 0. The molecule has 0 amide bonds. The van der Waals surface area contributed by atoms with Crippen LogP contribution in [0.2, 0.25) is 0 Å². The summed E-state index contributed by atoms with van der Waals surface area (Å²) in [6.07, 6.45) is 3.94. The summed E-state index contributed by atoms with van der Waals surface area (Å²) in [4.78, 5) is 2.11. The van der Waals surface area contributed by atoms with E-state index in [1.165, 1.54) is 0 Å². The van der Waals surface area contributed by atoms with Crippen molar-refractivity contribution in [2.24, 2.45) is 5.92 Å². The second-order valence-electron chi connectivity index (χ2n) is 5.65. The van der Waals surface area contributed by atoms with Crippen molar-refractivity contribution < 1.29 is 10.2 Å². The Labute approximate surface area is 121 Å². The monoisotopic (exact) mass is 285 g/mol. The van der Waals surface area contributed by atoms with Crippen molar-refractivity contribution in [3.8, 4) is 5.75 Å². The van der Waals surface area contributed by atoms with E-state index in [2.05, 4.69) is 4.90 Å². The van der Waals surface area contributed by atoms with Crippen molar-refractivity contribution in [3.05, 3.63) is 29.8 Å². The van der Waals surface area contributed by atoms with Crippen LogP contribution in [0.3, 0.4) is 0 Å². The molecule has 1 aromatic rings. The minimum Gasteiger partial charge on any atom is -0.508 e. The van der Waals surface area contributed by atoms with Crippen LogP contribution in [0.15, 0.2) is 24.3 Å². The maximum absolute atomic E-state index is 11.0. The highest BCUT2D eigenvalue weighted by molar-refractivity contribution is 5.85. The Hall–Kier alpha value is -0.770. The summed E-state index contributed by atoms with van der Waals surface area (Å²) >= 11 is 0. The number of rotatable bonds is 3. The molecule has 3 nitrogen and oxygen atoms in total. The fraction of sp³-hybridized carbons (Fsp3) is 0.600. The second kappa shape index (κ2) is 6.60. The number of aliphatic hydroxyl groups is 1. The van der Waals surface area contributed by atoms with Crippen LogP contribution in [0.25, 0.3) is 0 Å². The van der Waals surface area contributed by atoms with Gasteiger partial charge in [0, 0.05) is 18.0 Å². The Morgan fingerprint density at radius 3 is 2.58 bits per heavy atom. The van der Waals surface area contributed by atoms with Crippen LogP contribution < -0.4 is 0 Å². The first kappa shape index (κ1) is 16.3. The molecular weight excluding hydrogens is 262 g/mol. The predicted octanol–water partition coefficient (Wildman–Crippen LogP) is 2.75. The van der Waals surface area contributed by atoms with Gasteiger partial charge in [-0.2, -0.15) is 0 Å². The molecule has 2 N–H and O–H groups in total. The van der Waals surface area contributed by atoms with Crippen LogP contribution in [0.4, 0.5) is 0 Å². The van der Waals surface area contributed by atoms with Gasteiger partial charge in [-0.25, -0.2) is 0 Å². The van der Waals surface area contributed by atoms with Crippen molar-refractivity contribution in [2.75, 3.05) is 20.6 Å². The van der Waals surface area contributed by atoms with Crippen molar-refractivity contribution in [1.82, 2.24) is 4.90 Å². The van der Waals surface area contributed by atoms with Gasteiger partial charge in [0.05, 0.1) is 5.60 Å². The second-order valence-corrected chi connectivity index (χ2v) is 5.65. The smallest absolute Gasteiger partial charge is 0.121 e. The van der Waals surface area contributed by atoms with Gasteiger partial charge in [-0.15, -0.1) is 12.4 Å². The fourth-order valence-electron chi connectivity index (χ4n) is 3.11. The summed E-state index contributed by atoms with van der Waals surface area (Å²) in [5, 5.41) is 21.1. The van der Waals surface area contributed by atoms with Crippen LogP contribution in [-0.4, -0.2) is 35.8 Å². The van der Waals surface area contributed by atoms with Gasteiger partial charge in [-0.05, 0) is 33.0 Å². The topological polar surface area (TPSA) is 43.7 Å². The summed E-state index contributed by atoms with van der Waals surface area (Å²) in [6, 6.07) is 7.19. The molecule has 0 saturated heterocycles. The fourth-order valence-corrected chi connectivity index (χ4v) is 3.11. The first-order chi connectivity index (χ1) is 8.54. The van der Waals surface area contributed by atoms with E-state index in [1.54, 1.807) is 12.1 Å². The molecule has 1 saturated carbocycles. The van der Waals surface area contributed by atoms with E-state index in [9.17, 15) is 10.2 Å². The zero-order valence-electron chi connectivity index (χ0n) is 11.7. The largest absolute Gasteiger partial charge is 0.508 e. The van der Waals surface area contributed by atoms with Crippen LogP contribution in [0, 0.1) is 5.92 Å². The van der Waals surface area contributed by atoms with E-state index >= 15 is 0 Å². The van der Waals surface area contributed by atoms with E-state index in [1.807, 2.05) is 26.2 Å². The van der Waals surface area contributed by atoms with Gasteiger partial charge < -0.3 is 15.1 Å². The van der Waals surface area contributed by atoms with Gasteiger partial charge in [0.2, 0.25) is 0 Å². The van der Waals surface area contributed by atoms with Crippen molar-refractivity contribution in [1.29, 1.82) is 0 Å². The number of benzene rings is 1. The highest BCUT2D eigenvalue weighted by Gasteiger charge is 2.41. The molecule has 19 heavy (non-hydrogen) atoms. The van der Waals surface area contributed by atoms with Crippen molar-refractivity contribution >= 4 is 12.4 Å². The molecule has 0 bridgehead atoms. The molecule has 2 atom stereocenters. The minimum atomic E-state index is -0.881. The molecular formula is C15H24ClNO2. The number of halogens is 1. The standard InChI is InChI=1S/C15H23NO2.ClH/c1-16(2)11-12-7-5-6-10-15(12,18)13-8-3-4-9-14(13)17;/h3-4,8-9,12,17-18H,5-7,10-11H2,1-2H3;1H. The van der Waals surface area contributed by atoms with E-state index in [0.717, 1.165) is 32.2 Å². The number of hydrogen-bond acceptors (Lipinski definition) is 3. The van der Waals surface area contributed by atoms with Crippen LogP contribution >= 0.6 is 12.4 Å². The summed E-state index contributed by atoms with van der Waals surface area (Å²) in [6.45, 7) is 0.852. The lowest BCUT2D eigenvalue weighted by Crippen LogP contribution is -2.43. The van der Waals surface area contributed by atoms with Gasteiger partial charge in [0.15, 0.2) is 0 Å². The molecule has 0 aromatic heterocycles. The van der Waals surface area contributed by atoms with Crippen molar-refractivity contribution in [3.63, 3.8) is 0 Å². The average molecular weight is 286 g/mol.